The van der Waals surface area contributed by atoms with Gasteiger partial charge in [0.05, 0.1) is 12.3 Å². The first-order valence-electron chi connectivity index (χ1n) is 5.50. The molecule has 0 aromatic carbocycles. The lowest BCUT2D eigenvalue weighted by atomic mass is 10.2. The van der Waals surface area contributed by atoms with E-state index in [-0.39, 0.29) is 11.9 Å². The second kappa shape index (κ2) is 5.70. The van der Waals surface area contributed by atoms with Crippen LogP contribution in [-0.2, 0) is 4.79 Å². The van der Waals surface area contributed by atoms with Crippen LogP contribution in [0.2, 0.25) is 0 Å². The molecular formula is C12H20N2O2. The van der Waals surface area contributed by atoms with Crippen LogP contribution in [0.1, 0.15) is 30.7 Å². The molecule has 0 aliphatic rings. The van der Waals surface area contributed by atoms with Gasteiger partial charge in [0.25, 0.3) is 0 Å². The molecule has 1 heterocycles. The molecule has 0 aliphatic heterocycles. The predicted molar refractivity (Wildman–Crippen MR) is 63.2 cm³/mol. The maximum atomic E-state index is 11.3. The van der Waals surface area contributed by atoms with Gasteiger partial charge in [-0.25, -0.2) is 0 Å². The van der Waals surface area contributed by atoms with Crippen molar-refractivity contribution in [2.75, 3.05) is 20.6 Å². The largest absolute Gasteiger partial charge is 0.467 e. The Morgan fingerprint density at radius 2 is 2.25 bits per heavy atom. The van der Waals surface area contributed by atoms with Crippen molar-refractivity contribution in [1.29, 1.82) is 0 Å². The Kier molecular flexibility index (Phi) is 4.55. The molecular weight excluding hydrogens is 204 g/mol. The van der Waals surface area contributed by atoms with Gasteiger partial charge in [-0.1, -0.05) is 0 Å². The standard InChI is InChI=1S/C12H20N2O2/c1-9-6-8-16-12(9)10(2)13-7-5-11(15)14(3)4/h6,8,10,13H,5,7H2,1-4H3. The van der Waals surface area contributed by atoms with E-state index in [1.54, 1.807) is 25.3 Å². The van der Waals surface area contributed by atoms with E-state index in [4.69, 9.17) is 4.42 Å². The Morgan fingerprint density at radius 1 is 1.56 bits per heavy atom. The predicted octanol–water partition coefficient (Wildman–Crippen LogP) is 1.72. The molecule has 1 unspecified atom stereocenters. The van der Waals surface area contributed by atoms with Gasteiger partial charge in [0, 0.05) is 27.1 Å². The summed E-state index contributed by atoms with van der Waals surface area (Å²) < 4.78 is 5.37. The molecule has 4 heteroatoms. The smallest absolute Gasteiger partial charge is 0.223 e. The first-order chi connectivity index (χ1) is 7.52. The number of hydrogen-bond acceptors (Lipinski definition) is 3. The van der Waals surface area contributed by atoms with Gasteiger partial charge in [0.1, 0.15) is 5.76 Å². The highest BCUT2D eigenvalue weighted by molar-refractivity contribution is 5.75. The number of hydrogen-bond donors (Lipinski definition) is 1. The highest BCUT2D eigenvalue weighted by Gasteiger charge is 2.11. The van der Waals surface area contributed by atoms with Gasteiger partial charge in [0.15, 0.2) is 0 Å². The molecule has 1 rings (SSSR count). The third-order valence-corrected chi connectivity index (χ3v) is 2.58. The summed E-state index contributed by atoms with van der Waals surface area (Å²) in [5.41, 5.74) is 1.14. The van der Waals surface area contributed by atoms with E-state index in [0.29, 0.717) is 13.0 Å². The van der Waals surface area contributed by atoms with E-state index in [0.717, 1.165) is 11.3 Å². The number of nitrogens with one attached hydrogen (secondary N) is 1. The highest BCUT2D eigenvalue weighted by atomic mass is 16.3. The minimum absolute atomic E-state index is 0.135. The van der Waals surface area contributed by atoms with Crippen LogP contribution in [0.25, 0.3) is 0 Å². The van der Waals surface area contributed by atoms with Gasteiger partial charge >= 0.3 is 0 Å². The Bertz CT molecular complexity index is 345. The van der Waals surface area contributed by atoms with Crippen molar-refractivity contribution in [1.82, 2.24) is 10.2 Å². The van der Waals surface area contributed by atoms with Crippen LogP contribution in [0.5, 0.6) is 0 Å². The van der Waals surface area contributed by atoms with E-state index in [2.05, 4.69) is 5.32 Å². The average molecular weight is 224 g/mol. The van der Waals surface area contributed by atoms with E-state index in [1.165, 1.54) is 0 Å². The van der Waals surface area contributed by atoms with Gasteiger partial charge < -0.3 is 14.6 Å². The van der Waals surface area contributed by atoms with Crippen molar-refractivity contribution >= 4 is 5.91 Å². The van der Waals surface area contributed by atoms with Crippen molar-refractivity contribution in [3.63, 3.8) is 0 Å². The number of aryl methyl sites for hydroxylation is 1. The Balaban J connectivity index is 2.34. The zero-order valence-corrected chi connectivity index (χ0v) is 10.4. The molecule has 0 saturated heterocycles. The number of amides is 1. The molecule has 90 valence electrons. The average Bonchev–Trinajstić information content (AvgIpc) is 2.64. The first-order valence-corrected chi connectivity index (χ1v) is 5.50. The molecule has 1 N–H and O–H groups in total. The van der Waals surface area contributed by atoms with Gasteiger partial charge in [-0.05, 0) is 25.5 Å². The van der Waals surface area contributed by atoms with Crippen molar-refractivity contribution in [3.8, 4) is 0 Å². The lowest BCUT2D eigenvalue weighted by Gasteiger charge is -2.14. The number of carbonyl (C=O) groups is 1. The van der Waals surface area contributed by atoms with Crippen molar-refractivity contribution in [2.45, 2.75) is 26.3 Å². The normalized spacial score (nSPS) is 12.5. The van der Waals surface area contributed by atoms with Crippen molar-refractivity contribution in [2.24, 2.45) is 0 Å². The third kappa shape index (κ3) is 3.38. The summed E-state index contributed by atoms with van der Waals surface area (Å²) in [4.78, 5) is 12.9. The summed E-state index contributed by atoms with van der Waals surface area (Å²) >= 11 is 0. The Labute approximate surface area is 96.6 Å². The SMILES string of the molecule is Cc1ccoc1C(C)NCCC(=O)N(C)C. The van der Waals surface area contributed by atoms with Gasteiger partial charge in [-0.2, -0.15) is 0 Å². The Morgan fingerprint density at radius 3 is 2.75 bits per heavy atom. The van der Waals surface area contributed by atoms with E-state index < -0.39 is 0 Å². The number of carbonyl (C=O) groups excluding carboxylic acids is 1. The van der Waals surface area contributed by atoms with Crippen LogP contribution >= 0.6 is 0 Å². The number of rotatable bonds is 5. The van der Waals surface area contributed by atoms with Crippen LogP contribution in [0.15, 0.2) is 16.7 Å². The fraction of sp³-hybridized carbons (Fsp3) is 0.583. The van der Waals surface area contributed by atoms with Crippen molar-refractivity contribution in [3.05, 3.63) is 23.7 Å². The zero-order chi connectivity index (χ0) is 12.1. The van der Waals surface area contributed by atoms with E-state index in [1.807, 2.05) is 19.9 Å². The third-order valence-electron chi connectivity index (χ3n) is 2.58. The molecule has 0 bridgehead atoms. The lowest BCUT2D eigenvalue weighted by Crippen LogP contribution is -2.28. The number of nitrogens with zero attached hydrogens (tertiary/aromatic N) is 1. The molecule has 0 saturated carbocycles. The summed E-state index contributed by atoms with van der Waals surface area (Å²) in [5, 5.41) is 3.27. The van der Waals surface area contributed by atoms with E-state index >= 15 is 0 Å². The molecule has 1 amide bonds. The van der Waals surface area contributed by atoms with Gasteiger partial charge in [0.2, 0.25) is 5.91 Å². The minimum atomic E-state index is 0.135. The molecule has 0 aliphatic carbocycles. The summed E-state index contributed by atoms with van der Waals surface area (Å²) in [6, 6.07) is 2.09. The van der Waals surface area contributed by atoms with Crippen LogP contribution < -0.4 is 5.32 Å². The van der Waals surface area contributed by atoms with Crippen LogP contribution in [-0.4, -0.2) is 31.4 Å². The summed E-state index contributed by atoms with van der Waals surface area (Å²) in [6.45, 7) is 4.71. The lowest BCUT2D eigenvalue weighted by molar-refractivity contribution is -0.128. The topological polar surface area (TPSA) is 45.5 Å². The summed E-state index contributed by atoms with van der Waals surface area (Å²) in [5.74, 6) is 1.08. The second-order valence-electron chi connectivity index (χ2n) is 4.18. The minimum Gasteiger partial charge on any atom is -0.467 e. The number of furan rings is 1. The maximum absolute atomic E-state index is 11.3. The fourth-order valence-electron chi connectivity index (χ4n) is 1.54. The molecule has 1 aromatic rings. The molecule has 0 radical (unpaired) electrons. The highest BCUT2D eigenvalue weighted by Crippen LogP contribution is 2.17. The molecule has 1 aromatic heterocycles. The summed E-state index contributed by atoms with van der Waals surface area (Å²) in [7, 11) is 3.53. The van der Waals surface area contributed by atoms with Gasteiger partial charge in [-0.3, -0.25) is 4.79 Å². The zero-order valence-electron chi connectivity index (χ0n) is 10.4. The van der Waals surface area contributed by atoms with Crippen LogP contribution in [0, 0.1) is 6.92 Å². The molecule has 4 nitrogen and oxygen atoms in total. The van der Waals surface area contributed by atoms with Crippen LogP contribution in [0.3, 0.4) is 0 Å². The molecule has 0 fully saturated rings. The first kappa shape index (κ1) is 12.8. The molecule has 1 atom stereocenters. The van der Waals surface area contributed by atoms with Crippen molar-refractivity contribution < 1.29 is 9.21 Å². The van der Waals surface area contributed by atoms with E-state index in [9.17, 15) is 4.79 Å². The molecule has 0 spiro atoms. The van der Waals surface area contributed by atoms with Gasteiger partial charge in [-0.15, -0.1) is 0 Å². The van der Waals surface area contributed by atoms with Crippen LogP contribution in [0.4, 0.5) is 0 Å². The maximum Gasteiger partial charge on any atom is 0.223 e. The Hall–Kier alpha value is -1.29. The fourth-order valence-corrected chi connectivity index (χ4v) is 1.54. The quantitative estimate of drug-likeness (QED) is 0.828. The summed E-state index contributed by atoms with van der Waals surface area (Å²) in [6.07, 6.45) is 2.20. The second-order valence-corrected chi connectivity index (χ2v) is 4.18. The monoisotopic (exact) mass is 224 g/mol. The molecule has 16 heavy (non-hydrogen) atoms.